The van der Waals surface area contributed by atoms with Gasteiger partial charge in [-0.3, -0.25) is 39.0 Å². The number of anilines is 1. The normalized spacial score (nSPS) is 26.6. The van der Waals surface area contributed by atoms with Crippen LogP contribution in [0.2, 0.25) is 0 Å². The van der Waals surface area contributed by atoms with Gasteiger partial charge < -0.3 is 43.9 Å². The summed E-state index contributed by atoms with van der Waals surface area (Å²) in [5.41, 5.74) is 6.14. The number of carbonyl (C=O) groups excluding carboxylic acids is 4. The van der Waals surface area contributed by atoms with E-state index in [1.807, 2.05) is 43.2 Å². The minimum Gasteiger partial charge on any atom is -0.464 e. The number of aromatic nitrogens is 3. The van der Waals surface area contributed by atoms with Gasteiger partial charge in [0.15, 0.2) is 0 Å². The molecule has 1 saturated carbocycles. The van der Waals surface area contributed by atoms with Crippen LogP contribution in [0.4, 0.5) is 18.9 Å². The van der Waals surface area contributed by atoms with E-state index in [9.17, 15) is 14.4 Å². The number of hydrogen-bond donors (Lipinski definition) is 3. The Morgan fingerprint density at radius 3 is 2.60 bits per heavy atom. The number of alkyl halides is 3. The number of cyclic esters (lactones) is 1. The zero-order valence-corrected chi connectivity index (χ0v) is 47.0. The number of hydrogen-bond acceptors (Lipinski definition) is 16. The Kier molecular flexibility index (Phi) is 15.3. The van der Waals surface area contributed by atoms with E-state index >= 15 is 18.0 Å². The monoisotopic (exact) mass is 1130 g/mol. The molecule has 1 spiro atoms. The summed E-state index contributed by atoms with van der Waals surface area (Å²) >= 11 is 1.34. The van der Waals surface area contributed by atoms with Crippen molar-refractivity contribution in [1.82, 2.24) is 50.3 Å². The van der Waals surface area contributed by atoms with Crippen molar-refractivity contribution in [2.45, 2.75) is 127 Å². The zero-order chi connectivity index (χ0) is 55.7. The number of thiazole rings is 1. The number of pyridine rings is 1. The molecule has 0 unspecified atom stereocenters. The van der Waals surface area contributed by atoms with Gasteiger partial charge in [0.2, 0.25) is 11.8 Å². The molecule has 4 aromatic rings. The highest BCUT2D eigenvalue weighted by Crippen LogP contribution is 2.45. The fraction of sp³-hybridized carbons (Fsp3) is 0.649. The molecular formula is C57H74F3N11O8S. The van der Waals surface area contributed by atoms with E-state index in [0.717, 1.165) is 44.5 Å². The number of piperazine rings is 1. The number of carbonyl (C=O) groups is 4. The fourth-order valence-electron chi connectivity index (χ4n) is 13.5. The van der Waals surface area contributed by atoms with Crippen LogP contribution in [0, 0.1) is 11.3 Å². The van der Waals surface area contributed by atoms with Crippen LogP contribution < -0.4 is 21.0 Å². The van der Waals surface area contributed by atoms with Crippen molar-refractivity contribution in [2.75, 3.05) is 104 Å². The first-order chi connectivity index (χ1) is 38.4. The number of amides is 3. The lowest BCUT2D eigenvalue weighted by Gasteiger charge is -2.55. The predicted molar refractivity (Wildman–Crippen MR) is 292 cm³/mol. The van der Waals surface area contributed by atoms with Crippen LogP contribution in [-0.2, 0) is 57.5 Å². The third kappa shape index (κ3) is 11.3. The number of benzene rings is 1. The van der Waals surface area contributed by atoms with Gasteiger partial charge in [0, 0.05) is 98.7 Å². The largest absolute Gasteiger partial charge is 0.464 e. The van der Waals surface area contributed by atoms with Crippen LogP contribution in [0.5, 0.6) is 0 Å². The first-order valence-corrected chi connectivity index (χ1v) is 29.5. The van der Waals surface area contributed by atoms with E-state index in [-0.39, 0.29) is 49.3 Å². The molecule has 3 aromatic heterocycles. The van der Waals surface area contributed by atoms with E-state index in [4.69, 9.17) is 28.9 Å². The molecule has 19 nitrogen and oxygen atoms in total. The van der Waals surface area contributed by atoms with Crippen LogP contribution in [0.3, 0.4) is 0 Å². The van der Waals surface area contributed by atoms with Gasteiger partial charge in [-0.15, -0.1) is 11.3 Å². The second kappa shape index (κ2) is 22.1. The third-order valence-electron chi connectivity index (χ3n) is 17.8. The van der Waals surface area contributed by atoms with E-state index < -0.39 is 59.8 Å². The van der Waals surface area contributed by atoms with Crippen LogP contribution in [0.25, 0.3) is 33.4 Å². The van der Waals surface area contributed by atoms with E-state index in [1.165, 1.54) is 20.9 Å². The second-order valence-electron chi connectivity index (χ2n) is 24.3. The van der Waals surface area contributed by atoms with Gasteiger partial charge in [-0.05, 0) is 68.7 Å². The summed E-state index contributed by atoms with van der Waals surface area (Å²) in [5.74, 6) is -1.12. The summed E-state index contributed by atoms with van der Waals surface area (Å²) in [5, 5.41) is 10.8. The summed E-state index contributed by atoms with van der Waals surface area (Å²) in [6, 6.07) is 4.89. The summed E-state index contributed by atoms with van der Waals surface area (Å²) in [6.07, 6.45) is 1.42. The molecule has 7 aliphatic heterocycles. The van der Waals surface area contributed by atoms with E-state index in [1.54, 1.807) is 25.4 Å². The van der Waals surface area contributed by atoms with Crippen molar-refractivity contribution < 1.29 is 51.3 Å². The molecule has 3 amide bonds. The van der Waals surface area contributed by atoms with Crippen molar-refractivity contribution in [2.24, 2.45) is 11.3 Å². The van der Waals surface area contributed by atoms with Crippen molar-refractivity contribution in [1.29, 1.82) is 0 Å². The Morgan fingerprint density at radius 2 is 1.82 bits per heavy atom. The van der Waals surface area contributed by atoms with Gasteiger partial charge >= 0.3 is 12.1 Å². The quantitative estimate of drug-likeness (QED) is 0.146. The molecule has 10 heterocycles. The molecule has 432 valence electrons. The number of ether oxygens (including phenoxy) is 4. The summed E-state index contributed by atoms with van der Waals surface area (Å²) in [4.78, 5) is 76.0. The highest BCUT2D eigenvalue weighted by atomic mass is 32.1. The molecule has 7 fully saturated rings. The Balaban J connectivity index is 0.917. The van der Waals surface area contributed by atoms with Gasteiger partial charge in [0.05, 0.1) is 97.7 Å². The Hall–Kier alpha value is -5.27. The predicted octanol–water partition coefficient (Wildman–Crippen LogP) is 4.71. The van der Waals surface area contributed by atoms with Crippen LogP contribution >= 0.6 is 11.3 Å². The molecule has 6 saturated heterocycles. The van der Waals surface area contributed by atoms with Gasteiger partial charge in [0.25, 0.3) is 5.91 Å². The number of rotatable bonds is 10. The maximum atomic E-state index is 15.2. The molecular weight excluding hydrogens is 1060 g/mol. The highest BCUT2D eigenvalue weighted by molar-refractivity contribution is 7.10. The number of likely N-dealkylation sites (tertiary alicyclic amines) is 1. The summed E-state index contributed by atoms with van der Waals surface area (Å²) in [7, 11) is 1.56. The number of morpholine rings is 2. The summed E-state index contributed by atoms with van der Waals surface area (Å²) in [6.45, 7) is 11.9. The third-order valence-corrected chi connectivity index (χ3v) is 18.7. The maximum Gasteiger partial charge on any atom is 0.406 e. The maximum absolute atomic E-state index is 15.2. The molecule has 1 aromatic carbocycles. The van der Waals surface area contributed by atoms with Gasteiger partial charge in [-0.2, -0.15) is 13.2 Å². The molecule has 8 aliphatic rings. The minimum absolute atomic E-state index is 0.0413. The van der Waals surface area contributed by atoms with Gasteiger partial charge in [0.1, 0.15) is 24.2 Å². The first kappa shape index (κ1) is 55.3. The minimum atomic E-state index is -4.62. The number of nitrogens with one attached hydrogen (secondary N) is 3. The van der Waals surface area contributed by atoms with Crippen LogP contribution in [0.1, 0.15) is 81.7 Å². The molecule has 23 heteroatoms. The first-order valence-electron chi connectivity index (χ1n) is 28.6. The van der Waals surface area contributed by atoms with Crippen molar-refractivity contribution in [3.8, 4) is 22.5 Å². The average Bonchev–Trinajstić information content (AvgIpc) is 3.83. The number of halogens is 3. The van der Waals surface area contributed by atoms with E-state index in [0.29, 0.717) is 135 Å². The van der Waals surface area contributed by atoms with Crippen molar-refractivity contribution in [3.05, 3.63) is 52.1 Å². The highest BCUT2D eigenvalue weighted by Gasteiger charge is 2.53. The lowest BCUT2D eigenvalue weighted by Crippen LogP contribution is -2.73. The van der Waals surface area contributed by atoms with Crippen molar-refractivity contribution >= 4 is 51.6 Å². The molecule has 0 radical (unpaired) electrons. The van der Waals surface area contributed by atoms with Crippen LogP contribution in [0.15, 0.2) is 35.8 Å². The van der Waals surface area contributed by atoms with Crippen LogP contribution in [-0.4, -0.2) is 199 Å². The standard InChI is InChI=1S/C57H74F3N11O8S/c1-34(76-4)48-40(21-37(24-62-48)67-15-14-66-16-18-77-27-38(66)26-67)50-41-23-55(2,3)33-78-54(75)42-10-7-13-71(65-42)53(74)43(22-47-63-45(28-80-47)36-11-12-46(39(41)20-36)70(50)32-57(58,59)60)64-51(72)49(35-8-5-6-9-35)68-17-19-79-56(29-68)30-69(31-56)52(73)44-25-61-44/h11-12,20-21,24,28,34-35,38,42-44,49,61,65H,5-10,13-19,22-23,25-27,29-33H2,1-4H3,(H,64,72)/t34-,38-,42-,43-,44+,49-/m0/s1. The Labute approximate surface area is 468 Å². The summed E-state index contributed by atoms with van der Waals surface area (Å²) < 4.78 is 71.2. The molecule has 6 bridgehead atoms. The number of methoxy groups -OCH3 is 1. The fourth-order valence-corrected chi connectivity index (χ4v) is 14.4. The Bertz CT molecular complexity index is 2990. The smallest absolute Gasteiger partial charge is 0.406 e. The second-order valence-corrected chi connectivity index (χ2v) is 25.2. The van der Waals surface area contributed by atoms with E-state index in [2.05, 4.69) is 30.8 Å². The van der Waals surface area contributed by atoms with Gasteiger partial charge in [-0.25, -0.2) is 10.4 Å². The molecule has 80 heavy (non-hydrogen) atoms. The van der Waals surface area contributed by atoms with Crippen molar-refractivity contribution in [3.63, 3.8) is 0 Å². The Morgan fingerprint density at radius 1 is 1.01 bits per heavy atom. The number of fused-ring (bicyclic) bond motifs is 7. The molecule has 1 aliphatic carbocycles. The number of hydrazine groups is 1. The molecule has 3 N–H and O–H groups in total. The SMILES string of the molecule is CO[C@@H](C)c1ncc(N2CCN3CCOC[C@@H]3C2)cc1-c1c2c3cc(ccc3n1CC(F)(F)F)-c1csc(n1)C[C@H](NC(=O)[C@H](C1CCCC1)N1CCOC3(CN(C(=O)[C@H]4CN4)C3)C1)C(=O)N1CCC[C@H](N1)C(=O)OCC(C)(C)C2. The number of nitrogens with zero attached hydrogens (tertiary/aromatic N) is 8. The lowest BCUT2D eigenvalue weighted by molar-refractivity contribution is -0.197. The lowest BCUT2D eigenvalue weighted by atomic mass is 9.84. The average molecular weight is 1130 g/mol. The van der Waals surface area contributed by atoms with Gasteiger partial charge in [-0.1, -0.05) is 32.8 Å². The topological polar surface area (TPSA) is 198 Å². The zero-order valence-electron chi connectivity index (χ0n) is 46.2. The number of esters is 1. The molecule has 12 rings (SSSR count). The molecule has 6 atom stereocenters.